The number of hydrogen-bond acceptors (Lipinski definition) is 1. The highest BCUT2D eigenvalue weighted by atomic mass is 16.1. The van der Waals surface area contributed by atoms with Gasteiger partial charge in [0.2, 0.25) is 0 Å². The van der Waals surface area contributed by atoms with Crippen molar-refractivity contribution in [3.63, 3.8) is 0 Å². The van der Waals surface area contributed by atoms with Crippen molar-refractivity contribution in [2.75, 3.05) is 0 Å². The summed E-state index contributed by atoms with van der Waals surface area (Å²) in [6.45, 7) is 5.90. The normalized spacial score (nSPS) is 21.1. The molecule has 1 aliphatic rings. The van der Waals surface area contributed by atoms with Crippen molar-refractivity contribution in [3.05, 3.63) is 23.8 Å². The van der Waals surface area contributed by atoms with Crippen LogP contribution in [0.2, 0.25) is 0 Å². The van der Waals surface area contributed by atoms with E-state index in [4.69, 9.17) is 0 Å². The molecule has 0 aromatic heterocycles. The molecule has 1 heteroatoms. The first-order valence-electron chi connectivity index (χ1n) is 4.57. The molecule has 1 rings (SSSR count). The fraction of sp³-hybridized carbons (Fsp3) is 0.545. The quantitative estimate of drug-likeness (QED) is 0.573. The van der Waals surface area contributed by atoms with Crippen LogP contribution in [0.25, 0.3) is 0 Å². The molecule has 0 saturated carbocycles. The summed E-state index contributed by atoms with van der Waals surface area (Å²) < 4.78 is 0. The zero-order valence-electron chi connectivity index (χ0n) is 7.68. The lowest BCUT2D eigenvalue weighted by Crippen LogP contribution is -2.00. The maximum Gasteiger partial charge on any atom is 0.126 e. The highest BCUT2D eigenvalue weighted by Gasteiger charge is 2.10. The Morgan fingerprint density at radius 3 is 2.83 bits per heavy atom. The van der Waals surface area contributed by atoms with E-state index in [9.17, 15) is 4.79 Å². The fourth-order valence-electron chi connectivity index (χ4n) is 1.53. The van der Waals surface area contributed by atoms with Crippen LogP contribution in [-0.4, -0.2) is 6.29 Å². The minimum Gasteiger partial charge on any atom is -0.303 e. The predicted molar refractivity (Wildman–Crippen MR) is 50.9 cm³/mol. The molecular formula is C11H16O. The molecule has 1 atom stereocenters. The van der Waals surface area contributed by atoms with Crippen LogP contribution in [0.1, 0.15) is 32.6 Å². The third-order valence-electron chi connectivity index (χ3n) is 2.39. The van der Waals surface area contributed by atoms with Gasteiger partial charge in [-0.3, -0.25) is 0 Å². The van der Waals surface area contributed by atoms with Crippen molar-refractivity contribution < 1.29 is 4.79 Å². The third kappa shape index (κ3) is 2.33. The number of carbonyl (C=O) groups is 1. The van der Waals surface area contributed by atoms with Crippen molar-refractivity contribution in [2.45, 2.75) is 32.6 Å². The number of carbonyl (C=O) groups excluding carboxylic acids is 1. The molecule has 12 heavy (non-hydrogen) atoms. The van der Waals surface area contributed by atoms with Crippen LogP contribution in [0.4, 0.5) is 0 Å². The average molecular weight is 164 g/mol. The molecule has 0 saturated heterocycles. The lowest BCUT2D eigenvalue weighted by molar-refractivity contribution is -0.109. The summed E-state index contributed by atoms with van der Waals surface area (Å²) in [6.07, 6.45) is 7.69. The number of allylic oxidation sites excluding steroid dienone is 3. The third-order valence-corrected chi connectivity index (χ3v) is 2.39. The van der Waals surface area contributed by atoms with Crippen molar-refractivity contribution >= 4 is 6.29 Å². The van der Waals surface area contributed by atoms with Gasteiger partial charge in [0.15, 0.2) is 0 Å². The summed E-state index contributed by atoms with van der Waals surface area (Å²) in [4.78, 5) is 10.6. The van der Waals surface area contributed by atoms with Gasteiger partial charge < -0.3 is 4.79 Å². The molecule has 0 spiro atoms. The van der Waals surface area contributed by atoms with Crippen molar-refractivity contribution in [2.24, 2.45) is 5.92 Å². The molecule has 0 amide bonds. The second kappa shape index (κ2) is 4.24. The molecule has 66 valence electrons. The monoisotopic (exact) mass is 164 g/mol. The van der Waals surface area contributed by atoms with E-state index in [1.54, 1.807) is 0 Å². The summed E-state index contributed by atoms with van der Waals surface area (Å²) >= 11 is 0. The van der Waals surface area contributed by atoms with Gasteiger partial charge in [-0.25, -0.2) is 0 Å². The smallest absolute Gasteiger partial charge is 0.126 e. The van der Waals surface area contributed by atoms with Crippen LogP contribution in [0, 0.1) is 5.92 Å². The summed E-state index contributed by atoms with van der Waals surface area (Å²) in [7, 11) is 0. The van der Waals surface area contributed by atoms with Gasteiger partial charge in [0.1, 0.15) is 6.29 Å². The molecule has 0 aromatic carbocycles. The van der Waals surface area contributed by atoms with Crippen LogP contribution in [0.5, 0.6) is 0 Å². The highest BCUT2D eigenvalue weighted by Crippen LogP contribution is 2.24. The van der Waals surface area contributed by atoms with E-state index in [0.29, 0.717) is 0 Å². The molecule has 0 N–H and O–H groups in total. The van der Waals surface area contributed by atoms with Crippen LogP contribution >= 0.6 is 0 Å². The first-order chi connectivity index (χ1) is 5.74. The summed E-state index contributed by atoms with van der Waals surface area (Å²) in [5.41, 5.74) is 2.43. The van der Waals surface area contributed by atoms with Crippen molar-refractivity contribution in [1.82, 2.24) is 0 Å². The van der Waals surface area contributed by atoms with E-state index in [1.807, 2.05) is 6.92 Å². The molecule has 1 nitrogen and oxygen atoms in total. The van der Waals surface area contributed by atoms with Crippen LogP contribution in [0.3, 0.4) is 0 Å². The van der Waals surface area contributed by atoms with Gasteiger partial charge in [0, 0.05) is 5.92 Å². The minimum atomic E-state index is 0.0832. The Morgan fingerprint density at radius 2 is 2.17 bits per heavy atom. The first kappa shape index (κ1) is 9.24. The summed E-state index contributed by atoms with van der Waals surface area (Å²) in [6, 6.07) is 0. The largest absolute Gasteiger partial charge is 0.303 e. The van der Waals surface area contributed by atoms with Crippen molar-refractivity contribution in [1.29, 1.82) is 0 Å². The van der Waals surface area contributed by atoms with Crippen LogP contribution in [0.15, 0.2) is 23.8 Å². The molecule has 0 bridgehead atoms. The molecule has 1 aliphatic carbocycles. The topological polar surface area (TPSA) is 17.1 Å². The Morgan fingerprint density at radius 1 is 1.50 bits per heavy atom. The predicted octanol–water partition coefficient (Wildman–Crippen LogP) is 2.88. The van der Waals surface area contributed by atoms with E-state index in [-0.39, 0.29) is 5.92 Å². The van der Waals surface area contributed by atoms with Gasteiger partial charge in [-0.1, -0.05) is 30.7 Å². The minimum absolute atomic E-state index is 0.0832. The van der Waals surface area contributed by atoms with E-state index < -0.39 is 0 Å². The molecular weight excluding hydrogens is 148 g/mol. The molecule has 0 aromatic rings. The van der Waals surface area contributed by atoms with E-state index in [1.165, 1.54) is 24.0 Å². The van der Waals surface area contributed by atoms with Gasteiger partial charge in [0.25, 0.3) is 0 Å². The fourth-order valence-corrected chi connectivity index (χ4v) is 1.53. The Labute approximate surface area is 74.2 Å². The maximum absolute atomic E-state index is 10.6. The Hall–Kier alpha value is -0.850. The Balaban J connectivity index is 2.71. The molecule has 0 fully saturated rings. The second-order valence-electron chi connectivity index (χ2n) is 3.51. The molecule has 0 heterocycles. The standard InChI is InChI=1S/C11H16O/c1-9-5-3-4-6-11(7-9)10(2)8-12/h7-8,10H,1,3-6H2,2H3. The Kier molecular flexibility index (Phi) is 3.27. The average Bonchev–Trinajstić information content (AvgIpc) is 2.28. The number of hydrogen-bond donors (Lipinski definition) is 0. The highest BCUT2D eigenvalue weighted by molar-refractivity contribution is 5.58. The van der Waals surface area contributed by atoms with Gasteiger partial charge in [-0.2, -0.15) is 0 Å². The molecule has 1 unspecified atom stereocenters. The SMILES string of the molecule is C=C1C=C(C(C)C=O)CCCC1. The van der Waals surface area contributed by atoms with Gasteiger partial charge in [0.05, 0.1) is 0 Å². The van der Waals surface area contributed by atoms with E-state index in [0.717, 1.165) is 19.1 Å². The van der Waals surface area contributed by atoms with Gasteiger partial charge >= 0.3 is 0 Å². The van der Waals surface area contributed by atoms with Gasteiger partial charge in [-0.05, 0) is 25.7 Å². The van der Waals surface area contributed by atoms with Crippen LogP contribution < -0.4 is 0 Å². The number of rotatable bonds is 2. The lowest BCUT2D eigenvalue weighted by Gasteiger charge is -2.06. The van der Waals surface area contributed by atoms with Crippen molar-refractivity contribution in [3.8, 4) is 0 Å². The maximum atomic E-state index is 10.6. The molecule has 0 radical (unpaired) electrons. The van der Waals surface area contributed by atoms with E-state index in [2.05, 4.69) is 12.7 Å². The summed E-state index contributed by atoms with van der Waals surface area (Å²) in [5, 5.41) is 0. The zero-order valence-corrected chi connectivity index (χ0v) is 7.68. The molecule has 0 aliphatic heterocycles. The number of aldehydes is 1. The van der Waals surface area contributed by atoms with E-state index >= 15 is 0 Å². The zero-order chi connectivity index (χ0) is 8.97. The second-order valence-corrected chi connectivity index (χ2v) is 3.51. The summed E-state index contributed by atoms with van der Waals surface area (Å²) in [5.74, 6) is 0.0832. The van der Waals surface area contributed by atoms with Gasteiger partial charge in [-0.15, -0.1) is 0 Å². The first-order valence-corrected chi connectivity index (χ1v) is 4.57. The lowest BCUT2D eigenvalue weighted by atomic mass is 9.98. The van der Waals surface area contributed by atoms with Crippen LogP contribution in [-0.2, 0) is 4.79 Å². The Bertz CT molecular complexity index is 213.